The van der Waals surface area contributed by atoms with E-state index in [9.17, 15) is 0 Å². The van der Waals surface area contributed by atoms with Gasteiger partial charge in [0.1, 0.15) is 0 Å². The number of rotatable bonds is 5. The van der Waals surface area contributed by atoms with Crippen LogP contribution in [0.3, 0.4) is 0 Å². The third-order valence-electron chi connectivity index (χ3n) is 2.49. The van der Waals surface area contributed by atoms with Gasteiger partial charge in [-0.25, -0.2) is 0 Å². The van der Waals surface area contributed by atoms with Crippen LogP contribution in [0.25, 0.3) is 0 Å². The molecule has 4 heteroatoms. The summed E-state index contributed by atoms with van der Waals surface area (Å²) in [4.78, 5) is 4.29. The van der Waals surface area contributed by atoms with Gasteiger partial charge in [-0.1, -0.05) is 6.92 Å². The van der Waals surface area contributed by atoms with Gasteiger partial charge in [-0.05, 0) is 40.4 Å². The van der Waals surface area contributed by atoms with Crippen molar-refractivity contribution in [3.05, 3.63) is 28.5 Å². The van der Waals surface area contributed by atoms with Gasteiger partial charge in [-0.2, -0.15) is 0 Å². The Balaban J connectivity index is 2.67. The van der Waals surface area contributed by atoms with Gasteiger partial charge in [0, 0.05) is 24.4 Å². The lowest BCUT2D eigenvalue weighted by atomic mass is 9.96. The van der Waals surface area contributed by atoms with Crippen LogP contribution >= 0.6 is 15.9 Å². The van der Waals surface area contributed by atoms with Crippen molar-refractivity contribution in [2.24, 2.45) is 11.7 Å². The Morgan fingerprint density at radius 1 is 1.60 bits per heavy atom. The largest absolute Gasteiger partial charge is 0.385 e. The summed E-state index contributed by atoms with van der Waals surface area (Å²) < 4.78 is 6.01. The van der Waals surface area contributed by atoms with Gasteiger partial charge in [-0.15, -0.1) is 0 Å². The zero-order valence-electron chi connectivity index (χ0n) is 9.11. The van der Waals surface area contributed by atoms with Gasteiger partial charge in [0.25, 0.3) is 0 Å². The van der Waals surface area contributed by atoms with Crippen molar-refractivity contribution < 1.29 is 4.74 Å². The molecule has 0 saturated carbocycles. The molecule has 2 unspecified atom stereocenters. The molecule has 0 amide bonds. The first-order valence-electron chi connectivity index (χ1n) is 5.01. The second-order valence-electron chi connectivity index (χ2n) is 3.66. The van der Waals surface area contributed by atoms with Crippen molar-refractivity contribution >= 4 is 15.9 Å². The fraction of sp³-hybridized carbons (Fsp3) is 0.545. The molecule has 1 rings (SSSR count). The highest BCUT2D eigenvalue weighted by atomic mass is 79.9. The van der Waals surface area contributed by atoms with E-state index >= 15 is 0 Å². The molecule has 0 aliphatic carbocycles. The standard InChI is InChI=1S/C11H17BrN2O/c1-8(5-7-15-2)10(13)11-9(12)4-3-6-14-11/h3-4,6,8,10H,5,7,13H2,1-2H3. The summed E-state index contributed by atoms with van der Waals surface area (Å²) in [6.45, 7) is 2.85. The first-order valence-corrected chi connectivity index (χ1v) is 5.81. The molecule has 0 bridgehead atoms. The average Bonchev–Trinajstić information content (AvgIpc) is 2.25. The minimum absolute atomic E-state index is 0.0456. The summed E-state index contributed by atoms with van der Waals surface area (Å²) in [5, 5.41) is 0. The highest BCUT2D eigenvalue weighted by molar-refractivity contribution is 9.10. The number of pyridine rings is 1. The number of hydrogen-bond acceptors (Lipinski definition) is 3. The summed E-state index contributed by atoms with van der Waals surface area (Å²) >= 11 is 3.46. The SMILES string of the molecule is COCCC(C)C(N)c1ncccc1Br. The van der Waals surface area contributed by atoms with Crippen LogP contribution in [-0.4, -0.2) is 18.7 Å². The summed E-state index contributed by atoms with van der Waals surface area (Å²) in [6, 6.07) is 3.81. The topological polar surface area (TPSA) is 48.1 Å². The van der Waals surface area contributed by atoms with E-state index in [1.807, 2.05) is 12.1 Å². The number of methoxy groups -OCH3 is 1. The van der Waals surface area contributed by atoms with E-state index in [2.05, 4.69) is 27.8 Å². The van der Waals surface area contributed by atoms with Gasteiger partial charge >= 0.3 is 0 Å². The number of nitrogens with zero attached hydrogens (tertiary/aromatic N) is 1. The number of hydrogen-bond donors (Lipinski definition) is 1. The van der Waals surface area contributed by atoms with Gasteiger partial charge in [0.05, 0.1) is 11.7 Å². The summed E-state index contributed by atoms with van der Waals surface area (Å²) in [7, 11) is 1.70. The monoisotopic (exact) mass is 272 g/mol. The Bertz CT molecular complexity index is 306. The van der Waals surface area contributed by atoms with Crippen molar-refractivity contribution in [1.82, 2.24) is 4.98 Å². The highest BCUT2D eigenvalue weighted by Gasteiger charge is 2.17. The lowest BCUT2D eigenvalue weighted by Gasteiger charge is -2.19. The maximum atomic E-state index is 6.13. The first kappa shape index (κ1) is 12.6. The van der Waals surface area contributed by atoms with E-state index in [0.717, 1.165) is 23.2 Å². The number of aromatic nitrogens is 1. The van der Waals surface area contributed by atoms with Crippen LogP contribution in [0.4, 0.5) is 0 Å². The number of ether oxygens (including phenoxy) is 1. The molecule has 1 heterocycles. The molecule has 0 fully saturated rings. The molecule has 0 saturated heterocycles. The molecule has 1 aromatic heterocycles. The van der Waals surface area contributed by atoms with E-state index in [1.54, 1.807) is 13.3 Å². The zero-order chi connectivity index (χ0) is 11.3. The molecule has 1 aromatic rings. The minimum atomic E-state index is -0.0456. The maximum absolute atomic E-state index is 6.13. The van der Waals surface area contributed by atoms with Crippen LogP contribution in [0.2, 0.25) is 0 Å². The van der Waals surface area contributed by atoms with Crippen LogP contribution in [-0.2, 0) is 4.74 Å². The van der Waals surface area contributed by atoms with Crippen molar-refractivity contribution in [2.45, 2.75) is 19.4 Å². The molecule has 2 N–H and O–H groups in total. The fourth-order valence-corrected chi connectivity index (χ4v) is 1.92. The lowest BCUT2D eigenvalue weighted by molar-refractivity contribution is 0.174. The Hall–Kier alpha value is -0.450. The van der Waals surface area contributed by atoms with Crippen LogP contribution in [0.5, 0.6) is 0 Å². The maximum Gasteiger partial charge on any atom is 0.0715 e. The molecule has 0 spiro atoms. The van der Waals surface area contributed by atoms with Crippen LogP contribution in [0.15, 0.2) is 22.8 Å². The van der Waals surface area contributed by atoms with E-state index in [-0.39, 0.29) is 6.04 Å². The lowest BCUT2D eigenvalue weighted by Crippen LogP contribution is -2.21. The average molecular weight is 273 g/mol. The fourth-order valence-electron chi connectivity index (χ4n) is 1.40. The van der Waals surface area contributed by atoms with E-state index in [4.69, 9.17) is 10.5 Å². The second kappa shape index (κ2) is 6.20. The van der Waals surface area contributed by atoms with E-state index in [1.165, 1.54) is 0 Å². The Labute approximate surface area is 99.2 Å². The van der Waals surface area contributed by atoms with E-state index < -0.39 is 0 Å². The summed E-state index contributed by atoms with van der Waals surface area (Å²) in [5.74, 6) is 0.358. The predicted octanol–water partition coefficient (Wildman–Crippen LogP) is 2.52. The quantitative estimate of drug-likeness (QED) is 0.896. The third-order valence-corrected chi connectivity index (χ3v) is 3.16. The Morgan fingerprint density at radius 3 is 2.93 bits per heavy atom. The smallest absolute Gasteiger partial charge is 0.0715 e. The summed E-state index contributed by atoms with van der Waals surface area (Å²) in [6.07, 6.45) is 2.71. The molecule has 2 atom stereocenters. The van der Waals surface area contributed by atoms with Gasteiger partial charge < -0.3 is 10.5 Å². The molecule has 3 nitrogen and oxygen atoms in total. The molecule has 0 aliphatic heterocycles. The number of halogens is 1. The predicted molar refractivity (Wildman–Crippen MR) is 64.5 cm³/mol. The highest BCUT2D eigenvalue weighted by Crippen LogP contribution is 2.26. The van der Waals surface area contributed by atoms with Crippen LogP contribution in [0, 0.1) is 5.92 Å². The Kier molecular flexibility index (Phi) is 5.22. The van der Waals surface area contributed by atoms with Crippen molar-refractivity contribution in [2.75, 3.05) is 13.7 Å². The minimum Gasteiger partial charge on any atom is -0.385 e. The van der Waals surface area contributed by atoms with Crippen molar-refractivity contribution in [1.29, 1.82) is 0 Å². The number of nitrogens with two attached hydrogens (primary N) is 1. The van der Waals surface area contributed by atoms with Crippen molar-refractivity contribution in [3.8, 4) is 0 Å². The van der Waals surface area contributed by atoms with Crippen LogP contribution < -0.4 is 5.73 Å². The Morgan fingerprint density at radius 2 is 2.33 bits per heavy atom. The van der Waals surface area contributed by atoms with E-state index in [0.29, 0.717) is 5.92 Å². The normalized spacial score (nSPS) is 14.9. The summed E-state index contributed by atoms with van der Waals surface area (Å²) in [5.41, 5.74) is 7.05. The van der Waals surface area contributed by atoms with Crippen LogP contribution in [0.1, 0.15) is 25.1 Å². The second-order valence-corrected chi connectivity index (χ2v) is 4.51. The molecular weight excluding hydrogens is 256 g/mol. The van der Waals surface area contributed by atoms with Gasteiger partial charge in [-0.3, -0.25) is 4.98 Å². The third kappa shape index (κ3) is 3.55. The zero-order valence-corrected chi connectivity index (χ0v) is 10.7. The molecule has 0 aliphatic rings. The molecule has 15 heavy (non-hydrogen) atoms. The first-order chi connectivity index (χ1) is 7.16. The molecule has 0 aromatic carbocycles. The van der Waals surface area contributed by atoms with Gasteiger partial charge in [0.2, 0.25) is 0 Å². The molecule has 0 radical (unpaired) electrons. The molecule has 84 valence electrons. The molecular formula is C11H17BrN2O. The van der Waals surface area contributed by atoms with Crippen molar-refractivity contribution in [3.63, 3.8) is 0 Å². The van der Waals surface area contributed by atoms with Gasteiger partial charge in [0.15, 0.2) is 0 Å².